The van der Waals surface area contributed by atoms with Crippen LogP contribution in [0.15, 0.2) is 12.4 Å². The maximum absolute atomic E-state index is 11.9. The van der Waals surface area contributed by atoms with Gasteiger partial charge < -0.3 is 15.6 Å². The van der Waals surface area contributed by atoms with E-state index in [0.29, 0.717) is 18.3 Å². The number of imidazole rings is 1. The lowest BCUT2D eigenvalue weighted by Gasteiger charge is -2.16. The van der Waals surface area contributed by atoms with E-state index in [2.05, 4.69) is 10.3 Å². The molecule has 17 heavy (non-hydrogen) atoms. The molecular weight excluding hydrogens is 236 g/mol. The fraction of sp³-hybridized carbons (Fsp3) is 0.545. The Kier molecular flexibility index (Phi) is 4.62. The molecule has 1 atom stereocenters. The summed E-state index contributed by atoms with van der Waals surface area (Å²) in [5.74, 6) is 0.824. The van der Waals surface area contributed by atoms with Gasteiger partial charge >= 0.3 is 0 Å². The van der Waals surface area contributed by atoms with Crippen molar-refractivity contribution in [2.45, 2.75) is 26.8 Å². The molecule has 6 heteroatoms. The number of aromatic nitrogens is 2. The summed E-state index contributed by atoms with van der Waals surface area (Å²) in [5, 5.41) is 2.86. The number of nitrogens with zero attached hydrogens (tertiary/aromatic N) is 2. The Hall–Kier alpha value is -1.43. The van der Waals surface area contributed by atoms with Gasteiger partial charge in [-0.3, -0.25) is 4.79 Å². The first kappa shape index (κ1) is 13.6. The second-order valence-corrected chi connectivity index (χ2v) is 4.78. The van der Waals surface area contributed by atoms with Crippen LogP contribution in [0.2, 0.25) is 0 Å². The minimum Gasteiger partial charge on any atom is -0.387 e. The van der Waals surface area contributed by atoms with Gasteiger partial charge in [-0.25, -0.2) is 4.98 Å². The van der Waals surface area contributed by atoms with E-state index in [1.165, 1.54) is 0 Å². The van der Waals surface area contributed by atoms with E-state index in [9.17, 15) is 4.79 Å². The second-order valence-electron chi connectivity index (χ2n) is 4.34. The summed E-state index contributed by atoms with van der Waals surface area (Å²) < 4.78 is 1.68. The molecule has 0 aliphatic rings. The van der Waals surface area contributed by atoms with Crippen LogP contribution in [-0.2, 0) is 4.79 Å². The normalized spacial score (nSPS) is 12.5. The lowest BCUT2D eigenvalue weighted by molar-refractivity contribution is -0.124. The van der Waals surface area contributed by atoms with Gasteiger partial charge in [-0.15, -0.1) is 0 Å². The molecule has 1 heterocycles. The van der Waals surface area contributed by atoms with Gasteiger partial charge in [0.15, 0.2) is 5.82 Å². The molecule has 1 unspecified atom stereocenters. The highest BCUT2D eigenvalue weighted by Crippen LogP contribution is 2.09. The smallest absolute Gasteiger partial charge is 0.242 e. The highest BCUT2D eigenvalue weighted by atomic mass is 32.1. The zero-order valence-corrected chi connectivity index (χ0v) is 11.1. The lowest BCUT2D eigenvalue weighted by Crippen LogP contribution is -2.34. The molecule has 0 bridgehead atoms. The Bertz CT molecular complexity index is 413. The fourth-order valence-electron chi connectivity index (χ4n) is 1.40. The van der Waals surface area contributed by atoms with E-state index in [4.69, 9.17) is 18.0 Å². The molecule has 0 saturated heterocycles. The monoisotopic (exact) mass is 254 g/mol. The molecule has 1 aromatic heterocycles. The van der Waals surface area contributed by atoms with E-state index in [1.54, 1.807) is 23.9 Å². The van der Waals surface area contributed by atoms with Gasteiger partial charge in [0.05, 0.1) is 0 Å². The van der Waals surface area contributed by atoms with Crippen molar-refractivity contribution in [2.24, 2.45) is 11.7 Å². The first-order chi connectivity index (χ1) is 7.93. The number of rotatable bonds is 5. The summed E-state index contributed by atoms with van der Waals surface area (Å²) in [6.07, 6.45) is 3.29. The minimum absolute atomic E-state index is 0.0609. The zero-order chi connectivity index (χ0) is 13.0. The van der Waals surface area contributed by atoms with Gasteiger partial charge in [0, 0.05) is 18.9 Å². The number of nitrogens with two attached hydrogens (primary N) is 1. The van der Waals surface area contributed by atoms with Crippen molar-refractivity contribution >= 4 is 23.1 Å². The van der Waals surface area contributed by atoms with Crippen LogP contribution in [0.25, 0.3) is 0 Å². The summed E-state index contributed by atoms with van der Waals surface area (Å²) in [7, 11) is 0. The third-order valence-electron chi connectivity index (χ3n) is 2.37. The van der Waals surface area contributed by atoms with Crippen LogP contribution in [-0.4, -0.2) is 27.0 Å². The van der Waals surface area contributed by atoms with Crippen molar-refractivity contribution < 1.29 is 4.79 Å². The number of carbonyl (C=O) groups excluding carboxylic acids is 1. The van der Waals surface area contributed by atoms with Crippen LogP contribution in [0.4, 0.5) is 0 Å². The fourth-order valence-corrected chi connectivity index (χ4v) is 1.55. The summed E-state index contributed by atoms with van der Waals surface area (Å²) in [6.45, 7) is 6.53. The highest BCUT2D eigenvalue weighted by Gasteiger charge is 2.18. The Morgan fingerprint density at radius 2 is 2.24 bits per heavy atom. The number of amides is 1. The molecular formula is C11H18N4OS. The molecule has 0 aromatic carbocycles. The molecule has 94 valence electrons. The number of hydrogen-bond acceptors (Lipinski definition) is 3. The van der Waals surface area contributed by atoms with E-state index in [0.717, 1.165) is 0 Å². The van der Waals surface area contributed by atoms with Crippen molar-refractivity contribution in [3.63, 3.8) is 0 Å². The average molecular weight is 254 g/mol. The number of nitrogens with one attached hydrogen (secondary N) is 1. The van der Waals surface area contributed by atoms with Crippen molar-refractivity contribution in [1.29, 1.82) is 0 Å². The third-order valence-corrected chi connectivity index (χ3v) is 2.55. The lowest BCUT2D eigenvalue weighted by atomic mass is 10.2. The molecule has 0 aliphatic heterocycles. The van der Waals surface area contributed by atoms with Crippen LogP contribution < -0.4 is 11.1 Å². The van der Waals surface area contributed by atoms with E-state index >= 15 is 0 Å². The summed E-state index contributed by atoms with van der Waals surface area (Å²) in [6, 6.07) is -0.368. The van der Waals surface area contributed by atoms with Crippen LogP contribution in [0.5, 0.6) is 0 Å². The topological polar surface area (TPSA) is 72.9 Å². The van der Waals surface area contributed by atoms with Gasteiger partial charge in [-0.05, 0) is 12.8 Å². The van der Waals surface area contributed by atoms with E-state index in [-0.39, 0.29) is 16.9 Å². The second kappa shape index (κ2) is 5.77. The molecule has 0 radical (unpaired) electrons. The molecule has 1 amide bonds. The van der Waals surface area contributed by atoms with Gasteiger partial charge in [-0.1, -0.05) is 26.1 Å². The summed E-state index contributed by atoms with van der Waals surface area (Å²) >= 11 is 4.88. The molecule has 0 saturated carbocycles. The third kappa shape index (κ3) is 3.52. The van der Waals surface area contributed by atoms with Crippen molar-refractivity contribution in [2.75, 3.05) is 6.54 Å². The van der Waals surface area contributed by atoms with E-state index in [1.807, 2.05) is 13.8 Å². The largest absolute Gasteiger partial charge is 0.387 e. The molecule has 1 rings (SSSR count). The predicted molar refractivity (Wildman–Crippen MR) is 70.7 cm³/mol. The van der Waals surface area contributed by atoms with Crippen molar-refractivity contribution in [3.8, 4) is 0 Å². The van der Waals surface area contributed by atoms with Crippen LogP contribution in [0, 0.1) is 5.92 Å². The Morgan fingerprint density at radius 3 is 2.76 bits per heavy atom. The molecule has 0 fully saturated rings. The van der Waals surface area contributed by atoms with Gasteiger partial charge in [0.1, 0.15) is 11.0 Å². The quantitative estimate of drug-likeness (QED) is 0.764. The van der Waals surface area contributed by atoms with Gasteiger partial charge in [0.25, 0.3) is 0 Å². The number of hydrogen-bond donors (Lipinski definition) is 2. The van der Waals surface area contributed by atoms with Crippen LogP contribution in [0.1, 0.15) is 32.6 Å². The first-order valence-electron chi connectivity index (χ1n) is 5.53. The highest BCUT2D eigenvalue weighted by molar-refractivity contribution is 7.80. The Morgan fingerprint density at radius 1 is 1.59 bits per heavy atom. The summed E-state index contributed by atoms with van der Waals surface area (Å²) in [4.78, 5) is 16.1. The Labute approximate surface area is 106 Å². The molecule has 1 aromatic rings. The Balaban J connectivity index is 2.75. The molecule has 3 N–H and O–H groups in total. The maximum Gasteiger partial charge on any atom is 0.242 e. The van der Waals surface area contributed by atoms with Gasteiger partial charge in [-0.2, -0.15) is 0 Å². The maximum atomic E-state index is 11.9. The van der Waals surface area contributed by atoms with Gasteiger partial charge in [0.2, 0.25) is 5.91 Å². The predicted octanol–water partition coefficient (Wildman–Crippen LogP) is 0.850. The van der Waals surface area contributed by atoms with Crippen LogP contribution in [0.3, 0.4) is 0 Å². The minimum atomic E-state index is -0.368. The molecule has 5 nitrogen and oxygen atoms in total. The van der Waals surface area contributed by atoms with Crippen molar-refractivity contribution in [1.82, 2.24) is 14.9 Å². The number of carbonyl (C=O) groups is 1. The van der Waals surface area contributed by atoms with E-state index < -0.39 is 0 Å². The van der Waals surface area contributed by atoms with Crippen LogP contribution >= 0.6 is 12.2 Å². The molecule has 0 spiro atoms. The van der Waals surface area contributed by atoms with Crippen molar-refractivity contribution in [3.05, 3.63) is 18.2 Å². The molecule has 0 aliphatic carbocycles. The first-order valence-corrected chi connectivity index (χ1v) is 5.94. The SMILES string of the molecule is CC(C)CNC(=O)C(C)n1ccnc1C(N)=S. The number of thiocarbonyl (C=S) groups is 1. The average Bonchev–Trinajstić information content (AvgIpc) is 2.73. The zero-order valence-electron chi connectivity index (χ0n) is 10.3. The summed E-state index contributed by atoms with van der Waals surface area (Å²) in [5.41, 5.74) is 5.54. The standard InChI is InChI=1S/C11H18N4OS/c1-7(2)6-14-11(16)8(3)15-5-4-13-10(15)9(12)17/h4-5,7-8H,6H2,1-3H3,(H2,12,17)(H,14,16).